The first-order valence-electron chi connectivity index (χ1n) is 7.55. The van der Waals surface area contributed by atoms with Gasteiger partial charge in [-0.1, -0.05) is 53.8 Å². The molecule has 1 aromatic heterocycles. The van der Waals surface area contributed by atoms with Crippen molar-refractivity contribution in [3.8, 4) is 11.3 Å². The summed E-state index contributed by atoms with van der Waals surface area (Å²) in [5.41, 5.74) is -0.447. The first-order chi connectivity index (χ1) is 11.1. The molecule has 0 bridgehead atoms. The fraction of sp³-hybridized carbons (Fsp3) is 0.438. The highest BCUT2D eigenvalue weighted by atomic mass is 79.9. The van der Waals surface area contributed by atoms with Crippen LogP contribution in [0, 0.1) is 0 Å². The van der Waals surface area contributed by atoms with Crippen LogP contribution in [-0.4, -0.2) is 24.5 Å². The number of ether oxygens (including phenoxy) is 1. The molecular weight excluding hydrogens is 401 g/mol. The Hall–Kier alpha value is -1.12. The number of rotatable bonds is 6. The molecule has 0 radical (unpaired) electrons. The Kier molecular flexibility index (Phi) is 5.93. The van der Waals surface area contributed by atoms with Gasteiger partial charge in [0.1, 0.15) is 18.0 Å². The molecule has 1 aromatic carbocycles. The summed E-state index contributed by atoms with van der Waals surface area (Å²) in [5, 5.41) is 4.09. The van der Waals surface area contributed by atoms with Crippen molar-refractivity contribution in [1.29, 1.82) is 0 Å². The topological polar surface area (TPSA) is 27.1 Å². The van der Waals surface area contributed by atoms with Crippen LogP contribution in [0.25, 0.3) is 11.3 Å². The van der Waals surface area contributed by atoms with E-state index in [-0.39, 0.29) is 12.4 Å². The Balaban J connectivity index is 2.22. The normalized spacial score (nSPS) is 12.6. The zero-order valence-corrected chi connectivity index (χ0v) is 16.4. The van der Waals surface area contributed by atoms with Gasteiger partial charge in [-0.25, -0.2) is 4.68 Å². The minimum absolute atomic E-state index is 0.0119. The largest absolute Gasteiger partial charge is 0.420 e. The standard InChI is InChI=1S/C16H20BrF3N2OSi/c1-24(2,3)9-8-23-11-22-10-13(16(18,19)20)15(21-22)12-6-4-5-7-14(12)17/h4-7,10H,8-9,11H2,1-3H3. The molecule has 24 heavy (non-hydrogen) atoms. The molecule has 3 nitrogen and oxygen atoms in total. The summed E-state index contributed by atoms with van der Waals surface area (Å²) in [6.07, 6.45) is -3.47. The van der Waals surface area contributed by atoms with Crippen LogP contribution in [-0.2, 0) is 17.6 Å². The van der Waals surface area contributed by atoms with Crippen molar-refractivity contribution in [3.63, 3.8) is 0 Å². The molecule has 132 valence electrons. The van der Waals surface area contributed by atoms with Crippen LogP contribution in [0.2, 0.25) is 25.7 Å². The second-order valence-electron chi connectivity index (χ2n) is 6.76. The van der Waals surface area contributed by atoms with Crippen LogP contribution in [0.4, 0.5) is 13.2 Å². The highest BCUT2D eigenvalue weighted by Crippen LogP contribution is 2.38. The molecule has 0 spiro atoms. The molecule has 0 N–H and O–H groups in total. The number of benzene rings is 1. The van der Waals surface area contributed by atoms with Crippen molar-refractivity contribution in [1.82, 2.24) is 9.78 Å². The van der Waals surface area contributed by atoms with E-state index >= 15 is 0 Å². The summed E-state index contributed by atoms with van der Waals surface area (Å²) in [7, 11) is -1.23. The van der Waals surface area contributed by atoms with Crippen LogP contribution >= 0.6 is 15.9 Å². The summed E-state index contributed by atoms with van der Waals surface area (Å²) in [5.74, 6) is 0. The van der Waals surface area contributed by atoms with Gasteiger partial charge in [0.05, 0.1) is 0 Å². The molecule has 2 aromatic rings. The smallest absolute Gasteiger partial charge is 0.360 e. The molecular formula is C16H20BrF3N2OSi. The minimum atomic E-state index is -4.47. The maximum absolute atomic E-state index is 13.3. The third-order valence-corrected chi connectivity index (χ3v) is 5.81. The Morgan fingerprint density at radius 3 is 2.46 bits per heavy atom. The van der Waals surface area contributed by atoms with Crippen molar-refractivity contribution in [2.75, 3.05) is 6.61 Å². The van der Waals surface area contributed by atoms with Gasteiger partial charge in [-0.05, 0) is 12.1 Å². The summed E-state index contributed by atoms with van der Waals surface area (Å²) in [4.78, 5) is 0. The van der Waals surface area contributed by atoms with Crippen molar-refractivity contribution in [2.45, 2.75) is 38.6 Å². The van der Waals surface area contributed by atoms with E-state index in [1.165, 1.54) is 4.68 Å². The molecule has 0 saturated heterocycles. The van der Waals surface area contributed by atoms with Crippen molar-refractivity contribution < 1.29 is 17.9 Å². The zero-order chi connectivity index (χ0) is 18.0. The molecule has 0 saturated carbocycles. The van der Waals surface area contributed by atoms with Gasteiger partial charge in [-0.15, -0.1) is 0 Å². The lowest BCUT2D eigenvalue weighted by molar-refractivity contribution is -0.137. The maximum atomic E-state index is 13.3. The Morgan fingerprint density at radius 2 is 1.88 bits per heavy atom. The predicted octanol–water partition coefficient (Wildman–Crippen LogP) is 5.64. The molecule has 0 aliphatic rings. The molecule has 1 heterocycles. The number of hydrogen-bond donors (Lipinski definition) is 0. The highest BCUT2D eigenvalue weighted by Gasteiger charge is 2.36. The van der Waals surface area contributed by atoms with Crippen LogP contribution in [0.1, 0.15) is 5.56 Å². The third kappa shape index (κ3) is 5.19. The van der Waals surface area contributed by atoms with E-state index in [1.807, 2.05) is 0 Å². The van der Waals surface area contributed by atoms with Crippen molar-refractivity contribution in [3.05, 3.63) is 40.5 Å². The van der Waals surface area contributed by atoms with E-state index in [0.29, 0.717) is 16.6 Å². The molecule has 0 fully saturated rings. The Bertz CT molecular complexity index is 695. The summed E-state index contributed by atoms with van der Waals surface area (Å²) in [6.45, 7) is 7.20. The molecule has 0 aliphatic carbocycles. The van der Waals surface area contributed by atoms with Gasteiger partial charge >= 0.3 is 6.18 Å². The molecule has 0 atom stereocenters. The van der Waals surface area contributed by atoms with Crippen LogP contribution in [0.3, 0.4) is 0 Å². The second-order valence-corrected chi connectivity index (χ2v) is 13.2. The summed E-state index contributed by atoms with van der Waals surface area (Å²) < 4.78 is 47.2. The van der Waals surface area contributed by atoms with Crippen LogP contribution < -0.4 is 0 Å². The lowest BCUT2D eigenvalue weighted by atomic mass is 10.1. The number of hydrogen-bond acceptors (Lipinski definition) is 2. The first kappa shape index (κ1) is 19.2. The lowest BCUT2D eigenvalue weighted by Crippen LogP contribution is -2.22. The number of halogens is 4. The minimum Gasteiger partial charge on any atom is -0.360 e. The molecule has 0 aliphatic heterocycles. The monoisotopic (exact) mass is 420 g/mol. The number of nitrogens with zero attached hydrogens (tertiary/aromatic N) is 2. The van der Waals surface area contributed by atoms with E-state index in [2.05, 4.69) is 40.7 Å². The SMILES string of the molecule is C[Si](C)(C)CCOCn1cc(C(F)(F)F)c(-c2ccccc2Br)n1. The van der Waals surface area contributed by atoms with E-state index < -0.39 is 19.8 Å². The first-order valence-corrected chi connectivity index (χ1v) is 12.1. The Morgan fingerprint density at radius 1 is 1.21 bits per heavy atom. The van der Waals surface area contributed by atoms with Crippen LogP contribution in [0.15, 0.2) is 34.9 Å². The van der Waals surface area contributed by atoms with E-state index in [4.69, 9.17) is 4.74 Å². The van der Waals surface area contributed by atoms with Gasteiger partial charge in [0.15, 0.2) is 0 Å². The lowest BCUT2D eigenvalue weighted by Gasteiger charge is -2.15. The maximum Gasteiger partial charge on any atom is 0.420 e. The Labute approximate surface area is 149 Å². The quantitative estimate of drug-likeness (QED) is 0.446. The van der Waals surface area contributed by atoms with Gasteiger partial charge in [-0.2, -0.15) is 18.3 Å². The average molecular weight is 421 g/mol. The summed E-state index contributed by atoms with van der Waals surface area (Å²) in [6, 6.07) is 7.69. The molecule has 2 rings (SSSR count). The van der Waals surface area contributed by atoms with Gasteiger partial charge < -0.3 is 4.74 Å². The van der Waals surface area contributed by atoms with E-state index in [0.717, 1.165) is 12.2 Å². The van der Waals surface area contributed by atoms with Crippen molar-refractivity contribution >= 4 is 24.0 Å². The van der Waals surface area contributed by atoms with Gasteiger partial charge in [-0.3, -0.25) is 0 Å². The second kappa shape index (κ2) is 7.41. The number of aromatic nitrogens is 2. The fourth-order valence-electron chi connectivity index (χ4n) is 2.08. The zero-order valence-electron chi connectivity index (χ0n) is 13.8. The molecule has 8 heteroatoms. The molecule has 0 amide bonds. The predicted molar refractivity (Wildman–Crippen MR) is 94.5 cm³/mol. The molecule has 0 unspecified atom stereocenters. The van der Waals surface area contributed by atoms with Gasteiger partial charge in [0, 0.05) is 30.9 Å². The van der Waals surface area contributed by atoms with Gasteiger partial charge in [0.25, 0.3) is 0 Å². The average Bonchev–Trinajstić information content (AvgIpc) is 2.87. The van der Waals surface area contributed by atoms with Crippen LogP contribution in [0.5, 0.6) is 0 Å². The number of alkyl halides is 3. The van der Waals surface area contributed by atoms with E-state index in [9.17, 15) is 13.2 Å². The fourth-order valence-corrected chi connectivity index (χ4v) is 3.31. The highest BCUT2D eigenvalue weighted by molar-refractivity contribution is 9.10. The summed E-state index contributed by atoms with van der Waals surface area (Å²) >= 11 is 3.29. The third-order valence-electron chi connectivity index (χ3n) is 3.42. The van der Waals surface area contributed by atoms with Gasteiger partial charge in [0.2, 0.25) is 0 Å². The van der Waals surface area contributed by atoms with Crippen molar-refractivity contribution in [2.24, 2.45) is 0 Å². The van der Waals surface area contributed by atoms with E-state index in [1.54, 1.807) is 24.3 Å².